The van der Waals surface area contributed by atoms with Gasteiger partial charge in [-0.3, -0.25) is 4.79 Å². The van der Waals surface area contributed by atoms with E-state index in [4.69, 9.17) is 17.3 Å². The first-order chi connectivity index (χ1) is 12.4. The molecule has 3 rings (SSSR count). The summed E-state index contributed by atoms with van der Waals surface area (Å²) in [6, 6.07) is 6.75. The third-order valence-corrected chi connectivity index (χ3v) is 4.99. The lowest BCUT2D eigenvalue weighted by Crippen LogP contribution is -2.23. The van der Waals surface area contributed by atoms with Crippen molar-refractivity contribution in [1.82, 2.24) is 30.3 Å². The monoisotopic (exact) mass is 483 g/mol. The SMILES string of the molecule is Cc1ncc(Cn2nnc(CNC(=O)c3cccc(Cl)c3)c2I)c(N)n1. The molecule has 2 heterocycles. The molecule has 0 unspecified atom stereocenters. The smallest absolute Gasteiger partial charge is 0.251 e. The fourth-order valence-electron chi connectivity index (χ4n) is 2.24. The molecule has 0 atom stereocenters. The molecule has 134 valence electrons. The molecule has 1 amide bonds. The quantitative estimate of drug-likeness (QED) is 0.538. The highest BCUT2D eigenvalue weighted by molar-refractivity contribution is 14.1. The number of hydrogen-bond acceptors (Lipinski definition) is 6. The van der Waals surface area contributed by atoms with Gasteiger partial charge >= 0.3 is 0 Å². The van der Waals surface area contributed by atoms with E-state index in [0.717, 1.165) is 9.26 Å². The molecular weight excluding hydrogens is 469 g/mol. The molecule has 0 saturated carbocycles. The largest absolute Gasteiger partial charge is 0.383 e. The maximum atomic E-state index is 12.2. The lowest BCUT2D eigenvalue weighted by molar-refractivity contribution is 0.0950. The van der Waals surface area contributed by atoms with Crippen molar-refractivity contribution in [1.29, 1.82) is 0 Å². The van der Waals surface area contributed by atoms with Crippen LogP contribution in [0.15, 0.2) is 30.5 Å². The van der Waals surface area contributed by atoms with Crippen LogP contribution in [0.2, 0.25) is 5.02 Å². The molecule has 3 aromatic rings. The van der Waals surface area contributed by atoms with Gasteiger partial charge in [0.25, 0.3) is 5.91 Å². The summed E-state index contributed by atoms with van der Waals surface area (Å²) in [5, 5.41) is 11.6. The summed E-state index contributed by atoms with van der Waals surface area (Å²) in [5.74, 6) is 0.803. The van der Waals surface area contributed by atoms with Crippen LogP contribution in [0.4, 0.5) is 5.82 Å². The predicted molar refractivity (Wildman–Crippen MR) is 106 cm³/mol. The minimum Gasteiger partial charge on any atom is -0.383 e. The van der Waals surface area contributed by atoms with Crippen molar-refractivity contribution < 1.29 is 4.79 Å². The lowest BCUT2D eigenvalue weighted by atomic mass is 10.2. The normalized spacial score (nSPS) is 10.7. The topological polar surface area (TPSA) is 112 Å². The van der Waals surface area contributed by atoms with Crippen molar-refractivity contribution in [3.63, 3.8) is 0 Å². The number of hydrogen-bond donors (Lipinski definition) is 2. The van der Waals surface area contributed by atoms with Crippen molar-refractivity contribution in [3.05, 3.63) is 61.8 Å². The molecule has 0 aliphatic carbocycles. The minimum absolute atomic E-state index is 0.228. The molecule has 0 aliphatic heterocycles. The van der Waals surface area contributed by atoms with E-state index in [9.17, 15) is 4.79 Å². The fourth-order valence-corrected chi connectivity index (χ4v) is 2.99. The van der Waals surface area contributed by atoms with Gasteiger partial charge in [0.15, 0.2) is 0 Å². The second-order valence-electron chi connectivity index (χ2n) is 5.51. The highest BCUT2D eigenvalue weighted by Crippen LogP contribution is 2.15. The Morgan fingerprint density at radius 3 is 2.96 bits per heavy atom. The molecule has 8 nitrogen and oxygen atoms in total. The van der Waals surface area contributed by atoms with E-state index in [0.29, 0.717) is 34.5 Å². The summed E-state index contributed by atoms with van der Waals surface area (Å²) in [5.41, 5.74) is 7.83. The number of nitrogens with two attached hydrogens (primary N) is 1. The van der Waals surface area contributed by atoms with Crippen LogP contribution in [-0.2, 0) is 13.1 Å². The average Bonchev–Trinajstić information content (AvgIpc) is 2.95. The second kappa shape index (κ2) is 7.96. The third-order valence-electron chi connectivity index (χ3n) is 3.58. The number of aromatic nitrogens is 5. The Morgan fingerprint density at radius 2 is 2.23 bits per heavy atom. The summed E-state index contributed by atoms with van der Waals surface area (Å²) in [4.78, 5) is 20.5. The van der Waals surface area contributed by atoms with Gasteiger partial charge in [-0.25, -0.2) is 14.6 Å². The number of rotatable bonds is 5. The highest BCUT2D eigenvalue weighted by atomic mass is 127. The van der Waals surface area contributed by atoms with Crippen LogP contribution in [-0.4, -0.2) is 30.9 Å². The number of amides is 1. The number of carbonyl (C=O) groups excluding carboxylic acids is 1. The maximum Gasteiger partial charge on any atom is 0.251 e. The first-order valence-corrected chi connectivity index (χ1v) is 9.09. The molecule has 3 N–H and O–H groups in total. The molecule has 0 fully saturated rings. The van der Waals surface area contributed by atoms with E-state index < -0.39 is 0 Å². The van der Waals surface area contributed by atoms with Gasteiger partial charge in [0.05, 0.1) is 13.1 Å². The van der Waals surface area contributed by atoms with Crippen molar-refractivity contribution >= 4 is 45.9 Å². The number of nitrogens with zero attached hydrogens (tertiary/aromatic N) is 5. The van der Waals surface area contributed by atoms with E-state index in [-0.39, 0.29) is 12.5 Å². The zero-order valence-electron chi connectivity index (χ0n) is 13.8. The lowest BCUT2D eigenvalue weighted by Gasteiger charge is -2.06. The number of halogens is 2. The second-order valence-corrected chi connectivity index (χ2v) is 6.96. The third kappa shape index (κ3) is 4.28. The Kier molecular flexibility index (Phi) is 5.67. The summed E-state index contributed by atoms with van der Waals surface area (Å²) < 4.78 is 2.49. The van der Waals surface area contributed by atoms with E-state index in [2.05, 4.69) is 48.2 Å². The van der Waals surface area contributed by atoms with E-state index in [1.54, 1.807) is 42.1 Å². The standard InChI is InChI=1S/C16H15ClIN7O/c1-9-20-6-11(15(19)22-9)8-25-14(18)13(23-24-25)7-21-16(26)10-3-2-4-12(17)5-10/h2-6H,7-8H2,1H3,(H,21,26)(H2,19,20,22). The number of nitrogens with one attached hydrogen (secondary N) is 1. The Bertz CT molecular complexity index is 960. The van der Waals surface area contributed by atoms with Crippen LogP contribution in [0.3, 0.4) is 0 Å². The summed E-state index contributed by atoms with van der Waals surface area (Å²) >= 11 is 8.04. The van der Waals surface area contributed by atoms with E-state index in [1.165, 1.54) is 0 Å². The van der Waals surface area contributed by atoms with E-state index in [1.807, 2.05) is 0 Å². The van der Waals surface area contributed by atoms with Gasteiger partial charge in [0, 0.05) is 22.3 Å². The Hall–Kier alpha value is -2.27. The van der Waals surface area contributed by atoms with Crippen LogP contribution in [0.5, 0.6) is 0 Å². The van der Waals surface area contributed by atoms with Gasteiger partial charge in [-0.1, -0.05) is 22.9 Å². The van der Waals surface area contributed by atoms with Crippen LogP contribution in [0.25, 0.3) is 0 Å². The minimum atomic E-state index is -0.228. The van der Waals surface area contributed by atoms with Gasteiger partial charge in [0.2, 0.25) is 0 Å². The van der Waals surface area contributed by atoms with Crippen molar-refractivity contribution in [2.75, 3.05) is 5.73 Å². The summed E-state index contributed by atoms with van der Waals surface area (Å²) in [6.07, 6.45) is 1.68. The van der Waals surface area contributed by atoms with Crippen molar-refractivity contribution in [3.8, 4) is 0 Å². The van der Waals surface area contributed by atoms with Crippen LogP contribution >= 0.6 is 34.2 Å². The van der Waals surface area contributed by atoms with Crippen molar-refractivity contribution in [2.24, 2.45) is 0 Å². The van der Waals surface area contributed by atoms with E-state index >= 15 is 0 Å². The summed E-state index contributed by atoms with van der Waals surface area (Å²) in [7, 11) is 0. The zero-order chi connectivity index (χ0) is 18.7. The average molecular weight is 484 g/mol. The molecule has 26 heavy (non-hydrogen) atoms. The number of benzene rings is 1. The molecule has 0 aliphatic rings. The van der Waals surface area contributed by atoms with Crippen LogP contribution < -0.4 is 11.1 Å². The Morgan fingerprint density at radius 1 is 1.42 bits per heavy atom. The molecule has 2 aromatic heterocycles. The van der Waals surface area contributed by atoms with Crippen LogP contribution in [0.1, 0.15) is 27.4 Å². The summed E-state index contributed by atoms with van der Waals surface area (Å²) in [6.45, 7) is 2.43. The van der Waals surface area contributed by atoms with Gasteiger partial charge in [-0.15, -0.1) is 5.10 Å². The molecule has 0 bridgehead atoms. The number of aryl methyl sites for hydroxylation is 1. The molecule has 10 heteroatoms. The highest BCUT2D eigenvalue weighted by Gasteiger charge is 2.14. The molecular formula is C16H15ClIN7O. The fraction of sp³-hybridized carbons (Fsp3) is 0.188. The molecule has 1 aromatic carbocycles. The molecule has 0 radical (unpaired) electrons. The number of carbonyl (C=O) groups is 1. The van der Waals surface area contributed by atoms with Crippen LogP contribution in [0, 0.1) is 10.6 Å². The predicted octanol–water partition coefficient (Wildman–Crippen LogP) is 2.20. The van der Waals surface area contributed by atoms with Gasteiger partial charge in [0.1, 0.15) is 21.0 Å². The van der Waals surface area contributed by atoms with Crippen molar-refractivity contribution in [2.45, 2.75) is 20.0 Å². The first-order valence-electron chi connectivity index (χ1n) is 7.63. The van der Waals surface area contributed by atoms with Gasteiger partial charge in [-0.2, -0.15) is 0 Å². The van der Waals surface area contributed by atoms with Gasteiger partial charge in [-0.05, 0) is 47.7 Å². The Labute approximate surface area is 168 Å². The number of anilines is 1. The number of nitrogen functional groups attached to an aromatic ring is 1. The van der Waals surface area contributed by atoms with Gasteiger partial charge < -0.3 is 11.1 Å². The zero-order valence-corrected chi connectivity index (χ0v) is 16.7. The maximum absolute atomic E-state index is 12.2. The molecule has 0 saturated heterocycles. The first kappa shape index (κ1) is 18.5. The Balaban J connectivity index is 1.68. The molecule has 0 spiro atoms.